The summed E-state index contributed by atoms with van der Waals surface area (Å²) in [7, 11) is 3.13. The topological polar surface area (TPSA) is 58.6 Å². The highest BCUT2D eigenvalue weighted by atomic mass is 16.5. The lowest BCUT2D eigenvalue weighted by molar-refractivity contribution is -0.152. The number of likely N-dealkylation sites (N-methyl/N-ethyl adjacent to an activating group) is 1. The normalized spacial score (nSPS) is 21.7. The van der Waals surface area contributed by atoms with Crippen molar-refractivity contribution in [3.05, 3.63) is 0 Å². The Balaban J connectivity index is 2.76. The summed E-state index contributed by atoms with van der Waals surface area (Å²) < 4.78 is 4.74. The van der Waals surface area contributed by atoms with Crippen molar-refractivity contribution in [2.45, 2.75) is 38.8 Å². The van der Waals surface area contributed by atoms with Gasteiger partial charge in [0, 0.05) is 6.54 Å². The largest absolute Gasteiger partial charge is 0.467 e. The molecular formula is C12H22N2O3. The maximum Gasteiger partial charge on any atom is 0.328 e. The van der Waals surface area contributed by atoms with Crippen LogP contribution in [0.4, 0.5) is 0 Å². The summed E-state index contributed by atoms with van der Waals surface area (Å²) in [6.45, 7) is 4.62. The molecule has 1 aliphatic rings. The predicted octanol–water partition coefficient (Wildman–Crippen LogP) is 0.394. The van der Waals surface area contributed by atoms with E-state index in [0.717, 1.165) is 6.42 Å². The van der Waals surface area contributed by atoms with Crippen molar-refractivity contribution in [3.63, 3.8) is 0 Å². The highest BCUT2D eigenvalue weighted by molar-refractivity contribution is 5.88. The van der Waals surface area contributed by atoms with Crippen molar-refractivity contribution in [3.8, 4) is 0 Å². The van der Waals surface area contributed by atoms with Crippen LogP contribution in [0.1, 0.15) is 26.7 Å². The molecule has 1 rings (SSSR count). The zero-order valence-electron chi connectivity index (χ0n) is 11.0. The summed E-state index contributed by atoms with van der Waals surface area (Å²) in [5.41, 5.74) is 0. The zero-order valence-corrected chi connectivity index (χ0v) is 11.0. The molecule has 0 spiro atoms. The van der Waals surface area contributed by atoms with Crippen LogP contribution in [0, 0.1) is 5.92 Å². The number of likely N-dealkylation sites (tertiary alicyclic amines) is 1. The summed E-state index contributed by atoms with van der Waals surface area (Å²) in [4.78, 5) is 25.5. The molecule has 0 bridgehead atoms. The molecule has 0 aromatic carbocycles. The number of nitrogens with zero attached hydrogens (tertiary/aromatic N) is 1. The van der Waals surface area contributed by atoms with Crippen LogP contribution in [-0.4, -0.2) is 49.6 Å². The van der Waals surface area contributed by atoms with Gasteiger partial charge in [-0.3, -0.25) is 4.79 Å². The first-order valence-electron chi connectivity index (χ1n) is 6.08. The lowest BCUT2D eigenvalue weighted by Gasteiger charge is -2.29. The van der Waals surface area contributed by atoms with Gasteiger partial charge in [-0.15, -0.1) is 0 Å². The second-order valence-electron chi connectivity index (χ2n) is 4.72. The Morgan fingerprint density at radius 1 is 1.41 bits per heavy atom. The van der Waals surface area contributed by atoms with Gasteiger partial charge >= 0.3 is 5.97 Å². The summed E-state index contributed by atoms with van der Waals surface area (Å²) in [6, 6.07) is -0.637. The highest BCUT2D eigenvalue weighted by Gasteiger charge is 2.37. The van der Waals surface area contributed by atoms with Gasteiger partial charge in [0.25, 0.3) is 0 Å². The maximum absolute atomic E-state index is 12.3. The van der Waals surface area contributed by atoms with E-state index in [0.29, 0.717) is 13.0 Å². The molecule has 5 heteroatoms. The van der Waals surface area contributed by atoms with Crippen molar-refractivity contribution < 1.29 is 14.3 Å². The summed E-state index contributed by atoms with van der Waals surface area (Å²) in [5, 5.41) is 3.01. The van der Waals surface area contributed by atoms with Crippen molar-refractivity contribution in [1.82, 2.24) is 10.2 Å². The average molecular weight is 242 g/mol. The third-order valence-corrected chi connectivity index (χ3v) is 3.25. The second kappa shape index (κ2) is 6.00. The number of ether oxygens (including phenoxy) is 1. The number of nitrogens with one attached hydrogen (secondary N) is 1. The summed E-state index contributed by atoms with van der Waals surface area (Å²) in [5.74, 6) is -0.115. The third-order valence-electron chi connectivity index (χ3n) is 3.25. The number of methoxy groups -OCH3 is 1. The van der Waals surface area contributed by atoms with Gasteiger partial charge in [0.2, 0.25) is 5.91 Å². The number of esters is 1. The molecule has 5 nitrogen and oxygen atoms in total. The number of hydrogen-bond donors (Lipinski definition) is 1. The Labute approximate surface area is 102 Å². The van der Waals surface area contributed by atoms with Crippen molar-refractivity contribution in [2.24, 2.45) is 5.92 Å². The minimum Gasteiger partial charge on any atom is -0.467 e. The number of hydrogen-bond acceptors (Lipinski definition) is 4. The predicted molar refractivity (Wildman–Crippen MR) is 64.4 cm³/mol. The highest BCUT2D eigenvalue weighted by Crippen LogP contribution is 2.20. The Kier molecular flexibility index (Phi) is 4.93. The summed E-state index contributed by atoms with van der Waals surface area (Å²) in [6.07, 6.45) is 1.56. The van der Waals surface area contributed by atoms with Crippen LogP contribution in [0.5, 0.6) is 0 Å². The van der Waals surface area contributed by atoms with Gasteiger partial charge in [0.05, 0.1) is 13.2 Å². The lowest BCUT2D eigenvalue weighted by atomic mass is 10.0. The number of amides is 1. The first-order chi connectivity index (χ1) is 8.02. The van der Waals surface area contributed by atoms with E-state index in [-0.39, 0.29) is 23.8 Å². The fourth-order valence-electron chi connectivity index (χ4n) is 2.33. The number of carbonyl (C=O) groups excluding carboxylic acids is 2. The quantitative estimate of drug-likeness (QED) is 0.725. The number of carbonyl (C=O) groups is 2. The van der Waals surface area contributed by atoms with Gasteiger partial charge in [0.1, 0.15) is 6.04 Å². The van der Waals surface area contributed by atoms with Crippen molar-refractivity contribution in [1.29, 1.82) is 0 Å². The minimum absolute atomic E-state index is 0.00426. The first kappa shape index (κ1) is 14.0. The molecule has 1 fully saturated rings. The standard InChI is InChI=1S/C12H22N2O3/c1-8(2)10(13-3)11(15)14-7-5-6-9(14)12(16)17-4/h8-10,13H,5-7H2,1-4H3. The minimum atomic E-state index is -0.401. The molecule has 1 saturated heterocycles. The van der Waals surface area contributed by atoms with E-state index < -0.39 is 6.04 Å². The maximum atomic E-state index is 12.3. The van der Waals surface area contributed by atoms with E-state index in [2.05, 4.69) is 5.32 Å². The van der Waals surface area contributed by atoms with Crippen LogP contribution >= 0.6 is 0 Å². The molecule has 1 aliphatic heterocycles. The fraction of sp³-hybridized carbons (Fsp3) is 0.833. The molecule has 0 aromatic heterocycles. The zero-order chi connectivity index (χ0) is 13.0. The third kappa shape index (κ3) is 2.97. The molecule has 1 N–H and O–H groups in total. The molecule has 0 aliphatic carbocycles. The molecule has 2 unspecified atom stereocenters. The van der Waals surface area contributed by atoms with E-state index in [1.807, 2.05) is 13.8 Å². The van der Waals surface area contributed by atoms with Crippen LogP contribution in [0.2, 0.25) is 0 Å². The van der Waals surface area contributed by atoms with Gasteiger partial charge in [0.15, 0.2) is 0 Å². The van der Waals surface area contributed by atoms with E-state index in [1.165, 1.54) is 7.11 Å². The van der Waals surface area contributed by atoms with Gasteiger partial charge in [-0.05, 0) is 25.8 Å². The Morgan fingerprint density at radius 2 is 2.06 bits per heavy atom. The van der Waals surface area contributed by atoms with Gasteiger partial charge in [-0.2, -0.15) is 0 Å². The molecule has 0 saturated carbocycles. The first-order valence-corrected chi connectivity index (χ1v) is 6.08. The van der Waals surface area contributed by atoms with Crippen LogP contribution in [0.25, 0.3) is 0 Å². The fourth-order valence-corrected chi connectivity index (χ4v) is 2.33. The molecular weight excluding hydrogens is 220 g/mol. The molecule has 0 aromatic rings. The van der Waals surface area contributed by atoms with E-state index >= 15 is 0 Å². The van der Waals surface area contributed by atoms with E-state index in [1.54, 1.807) is 11.9 Å². The van der Waals surface area contributed by atoms with Crippen LogP contribution < -0.4 is 5.32 Å². The van der Waals surface area contributed by atoms with Gasteiger partial charge in [-0.1, -0.05) is 13.8 Å². The molecule has 17 heavy (non-hydrogen) atoms. The van der Waals surface area contributed by atoms with Crippen LogP contribution in [0.3, 0.4) is 0 Å². The molecule has 1 amide bonds. The molecule has 1 heterocycles. The molecule has 98 valence electrons. The Hall–Kier alpha value is -1.10. The van der Waals surface area contributed by atoms with Crippen LogP contribution in [0.15, 0.2) is 0 Å². The van der Waals surface area contributed by atoms with E-state index in [9.17, 15) is 9.59 Å². The average Bonchev–Trinajstić information content (AvgIpc) is 2.77. The second-order valence-corrected chi connectivity index (χ2v) is 4.72. The SMILES string of the molecule is CNC(C(=O)N1CCCC1C(=O)OC)C(C)C. The van der Waals surface area contributed by atoms with Gasteiger partial charge in [-0.25, -0.2) is 4.79 Å². The van der Waals surface area contributed by atoms with Crippen molar-refractivity contribution in [2.75, 3.05) is 20.7 Å². The lowest BCUT2D eigenvalue weighted by Crippen LogP contribution is -2.51. The molecule has 0 radical (unpaired) electrons. The monoisotopic (exact) mass is 242 g/mol. The van der Waals surface area contributed by atoms with Crippen LogP contribution in [-0.2, 0) is 14.3 Å². The van der Waals surface area contributed by atoms with Gasteiger partial charge < -0.3 is 15.0 Å². The van der Waals surface area contributed by atoms with Crippen molar-refractivity contribution >= 4 is 11.9 Å². The Bertz CT molecular complexity index is 291. The Morgan fingerprint density at radius 3 is 2.53 bits per heavy atom. The molecule has 2 atom stereocenters. The smallest absolute Gasteiger partial charge is 0.328 e. The summed E-state index contributed by atoms with van der Waals surface area (Å²) >= 11 is 0. The number of rotatable bonds is 4. The van der Waals surface area contributed by atoms with E-state index in [4.69, 9.17) is 4.74 Å².